The van der Waals surface area contributed by atoms with Crippen molar-refractivity contribution in [1.29, 1.82) is 5.26 Å². The van der Waals surface area contributed by atoms with Gasteiger partial charge >= 0.3 is 0 Å². The van der Waals surface area contributed by atoms with Crippen molar-refractivity contribution in [2.45, 2.75) is 18.9 Å². The third-order valence-corrected chi connectivity index (χ3v) is 6.07. The number of methoxy groups -OCH3 is 1. The molecule has 10 nitrogen and oxygen atoms in total. The summed E-state index contributed by atoms with van der Waals surface area (Å²) in [5, 5.41) is 27.8. The van der Waals surface area contributed by atoms with Gasteiger partial charge in [0, 0.05) is 32.7 Å². The number of ether oxygens (including phenoxy) is 2. The molecule has 1 atom stereocenters. The number of pyridine rings is 1. The maximum Gasteiger partial charge on any atom is 0.257 e. The Bertz CT molecular complexity index is 1150. The molecule has 1 saturated heterocycles. The monoisotopic (exact) mass is 421 g/mol. The van der Waals surface area contributed by atoms with Gasteiger partial charge in [-0.2, -0.15) is 15.3 Å². The van der Waals surface area contributed by atoms with Gasteiger partial charge < -0.3 is 19.6 Å². The normalized spacial score (nSPS) is 21.4. The van der Waals surface area contributed by atoms with E-state index in [0.29, 0.717) is 62.0 Å². The maximum absolute atomic E-state index is 14.2. The zero-order chi connectivity index (χ0) is 21.4. The number of aromatic nitrogens is 4. The van der Waals surface area contributed by atoms with Gasteiger partial charge in [0.25, 0.3) is 5.82 Å². The molecule has 5 rings (SSSR count). The molecular formula is C21H23N7O3. The van der Waals surface area contributed by atoms with E-state index in [-0.39, 0.29) is 12.7 Å². The van der Waals surface area contributed by atoms with Crippen LogP contribution < -0.4 is 9.55 Å². The molecule has 160 valence electrons. The minimum Gasteiger partial charge on any atom is -0.625 e. The lowest BCUT2D eigenvalue weighted by Crippen LogP contribution is -2.55. The second-order valence-corrected chi connectivity index (χ2v) is 7.85. The molecule has 1 fully saturated rings. The topological polar surface area (TPSA) is 112 Å². The highest BCUT2D eigenvalue weighted by atomic mass is 16.6. The van der Waals surface area contributed by atoms with Gasteiger partial charge in [-0.3, -0.25) is 4.65 Å². The number of hydrogen-bond donors (Lipinski definition) is 0. The number of hydrogen-bond acceptors (Lipinski definition) is 8. The second-order valence-electron chi connectivity index (χ2n) is 7.85. The number of hydroxylamine groups is 2. The molecule has 0 radical (unpaired) electrons. The summed E-state index contributed by atoms with van der Waals surface area (Å²) in [5.41, 5.74) is 2.69. The van der Waals surface area contributed by atoms with Crippen molar-refractivity contribution in [3.8, 4) is 17.5 Å². The lowest BCUT2D eigenvalue weighted by molar-refractivity contribution is 0.0521. The summed E-state index contributed by atoms with van der Waals surface area (Å²) in [6.07, 6.45) is 6.52. The molecule has 5 heterocycles. The van der Waals surface area contributed by atoms with Crippen LogP contribution in [0.4, 0.5) is 11.5 Å². The Labute approximate surface area is 179 Å². The number of nitriles is 1. The largest absolute Gasteiger partial charge is 0.625 e. The molecule has 0 spiro atoms. The van der Waals surface area contributed by atoms with Crippen LogP contribution in [0.2, 0.25) is 0 Å². The number of fused-ring (bicyclic) bond motifs is 2. The summed E-state index contributed by atoms with van der Waals surface area (Å²) in [6, 6.07) is 5.48. The number of rotatable bonds is 5. The first-order chi connectivity index (χ1) is 15.1. The minimum atomic E-state index is -0.513. The van der Waals surface area contributed by atoms with Crippen LogP contribution in [0, 0.1) is 16.5 Å². The van der Waals surface area contributed by atoms with Gasteiger partial charge in [0.2, 0.25) is 0 Å². The molecule has 0 aliphatic carbocycles. The number of anilines is 1. The zero-order valence-electron chi connectivity index (χ0n) is 17.3. The van der Waals surface area contributed by atoms with Crippen molar-refractivity contribution in [2.24, 2.45) is 0 Å². The smallest absolute Gasteiger partial charge is 0.257 e. The van der Waals surface area contributed by atoms with E-state index < -0.39 is 4.65 Å². The molecule has 0 N–H and O–H groups in total. The van der Waals surface area contributed by atoms with Crippen molar-refractivity contribution >= 4 is 17.0 Å². The highest BCUT2D eigenvalue weighted by Crippen LogP contribution is 2.43. The van der Waals surface area contributed by atoms with Crippen molar-refractivity contribution < 1.29 is 9.47 Å². The van der Waals surface area contributed by atoms with Crippen LogP contribution in [0.1, 0.15) is 18.4 Å². The van der Waals surface area contributed by atoms with Crippen molar-refractivity contribution in [3.05, 3.63) is 41.5 Å². The quantitative estimate of drug-likeness (QED) is 0.455. The summed E-state index contributed by atoms with van der Waals surface area (Å²) >= 11 is 0. The Balaban J connectivity index is 1.60. The molecule has 10 heteroatoms. The number of quaternary nitrogens is 1. The fraction of sp³-hybridized carbons (Fsp3) is 0.429. The zero-order valence-corrected chi connectivity index (χ0v) is 17.3. The van der Waals surface area contributed by atoms with Gasteiger partial charge in [0.15, 0.2) is 12.5 Å². The first kappa shape index (κ1) is 19.8. The van der Waals surface area contributed by atoms with Crippen molar-refractivity contribution in [3.63, 3.8) is 0 Å². The van der Waals surface area contributed by atoms with Crippen LogP contribution in [0.3, 0.4) is 0 Å². The molecule has 0 bridgehead atoms. The van der Waals surface area contributed by atoms with E-state index in [1.807, 2.05) is 4.90 Å². The van der Waals surface area contributed by atoms with Crippen LogP contribution in [-0.4, -0.2) is 65.8 Å². The van der Waals surface area contributed by atoms with E-state index in [9.17, 15) is 10.5 Å². The average molecular weight is 421 g/mol. The molecule has 0 amide bonds. The Morgan fingerprint density at radius 1 is 1.35 bits per heavy atom. The highest BCUT2D eigenvalue weighted by molar-refractivity contribution is 5.79. The minimum absolute atomic E-state index is 0.114. The Morgan fingerprint density at radius 3 is 2.97 bits per heavy atom. The van der Waals surface area contributed by atoms with Gasteiger partial charge in [-0.1, -0.05) is 0 Å². The molecule has 0 aromatic carbocycles. The highest BCUT2D eigenvalue weighted by Gasteiger charge is 2.44. The van der Waals surface area contributed by atoms with Crippen LogP contribution in [-0.2, 0) is 9.47 Å². The van der Waals surface area contributed by atoms with Crippen LogP contribution in [0.25, 0.3) is 16.9 Å². The Hall–Kier alpha value is -3.10. The number of nitrogens with zero attached hydrogens (tertiary/aromatic N) is 7. The van der Waals surface area contributed by atoms with Gasteiger partial charge in [0.05, 0.1) is 54.9 Å². The van der Waals surface area contributed by atoms with Gasteiger partial charge in [-0.25, -0.2) is 9.50 Å². The molecule has 3 aromatic rings. The van der Waals surface area contributed by atoms with E-state index in [0.717, 1.165) is 11.2 Å². The summed E-state index contributed by atoms with van der Waals surface area (Å²) < 4.78 is 11.9. The molecule has 0 saturated carbocycles. The third kappa shape index (κ3) is 3.32. The van der Waals surface area contributed by atoms with Crippen LogP contribution >= 0.6 is 0 Å². The summed E-state index contributed by atoms with van der Waals surface area (Å²) in [6.45, 7) is 2.57. The predicted molar refractivity (Wildman–Crippen MR) is 114 cm³/mol. The molecular weight excluding hydrogens is 398 g/mol. The summed E-state index contributed by atoms with van der Waals surface area (Å²) in [7, 11) is 1.65. The van der Waals surface area contributed by atoms with E-state index >= 15 is 0 Å². The lowest BCUT2D eigenvalue weighted by atomic mass is 10.1. The second kappa shape index (κ2) is 7.86. The first-order valence-electron chi connectivity index (χ1n) is 10.3. The average Bonchev–Trinajstić information content (AvgIpc) is 3.37. The Morgan fingerprint density at radius 2 is 2.19 bits per heavy atom. The molecule has 1 unspecified atom stereocenters. The first-order valence-corrected chi connectivity index (χ1v) is 10.3. The molecule has 2 aliphatic rings. The van der Waals surface area contributed by atoms with Crippen LogP contribution in [0.15, 0.2) is 30.7 Å². The summed E-state index contributed by atoms with van der Waals surface area (Å²) in [4.78, 5) is 11.4. The lowest BCUT2D eigenvalue weighted by Gasteiger charge is -2.45. The fourth-order valence-corrected chi connectivity index (χ4v) is 4.40. The maximum atomic E-state index is 14.2. The van der Waals surface area contributed by atoms with E-state index in [1.54, 1.807) is 42.3 Å². The van der Waals surface area contributed by atoms with Gasteiger partial charge in [-0.15, -0.1) is 0 Å². The third-order valence-electron chi connectivity index (χ3n) is 6.07. The van der Waals surface area contributed by atoms with E-state index in [1.165, 1.54) is 0 Å². The Kier molecular flexibility index (Phi) is 5.03. The fourth-order valence-electron chi connectivity index (χ4n) is 4.40. The summed E-state index contributed by atoms with van der Waals surface area (Å²) in [5.74, 6) is 0.909. The van der Waals surface area contributed by atoms with Crippen molar-refractivity contribution in [1.82, 2.24) is 24.2 Å². The van der Waals surface area contributed by atoms with Crippen molar-refractivity contribution in [2.75, 3.05) is 45.0 Å². The standard InChI is InChI=1S/C21H23N7O3/c1-30-9-6-26-14-28(29,16-3-7-31-8-4-16)21-19(26)13-23-20(25-21)17-12-24-27-5-2-15(11-22)10-18(17)27/h2,5,10,12-13,16H,3-4,6-9,14H2,1H3. The van der Waals surface area contributed by atoms with Crippen LogP contribution in [0.5, 0.6) is 0 Å². The van der Waals surface area contributed by atoms with E-state index in [4.69, 9.17) is 14.5 Å². The molecule has 31 heavy (non-hydrogen) atoms. The SMILES string of the molecule is COCCN1C[N+]([O-])(C2CCOCC2)c2nc(-c3cnn4ccc(C#N)cc34)ncc21. The predicted octanol–water partition coefficient (Wildman–Crippen LogP) is 2.07. The van der Waals surface area contributed by atoms with Gasteiger partial charge in [-0.05, 0) is 12.1 Å². The van der Waals surface area contributed by atoms with Gasteiger partial charge in [0.1, 0.15) is 11.7 Å². The molecule has 3 aromatic heterocycles. The molecule has 2 aliphatic heterocycles. The van der Waals surface area contributed by atoms with E-state index in [2.05, 4.69) is 16.2 Å².